The maximum atomic E-state index is 11.4. The molecular formula is C13H17N3O3. The predicted molar refractivity (Wildman–Crippen MR) is 71.8 cm³/mol. The Labute approximate surface area is 110 Å². The number of fused-ring (bicyclic) bond motifs is 1. The Bertz CT molecular complexity index is 615. The lowest BCUT2D eigenvalue weighted by Gasteiger charge is -2.04. The zero-order valence-corrected chi connectivity index (χ0v) is 10.6. The number of nitrogens with one attached hydrogen (secondary N) is 2. The molecule has 0 radical (unpaired) electrons. The first-order valence-electron chi connectivity index (χ1n) is 6.27. The van der Waals surface area contributed by atoms with E-state index in [4.69, 9.17) is 10.2 Å². The minimum Gasteiger partial charge on any atom is -0.408 e. The molecule has 0 unspecified atom stereocenters. The molecule has 2 aromatic rings. The summed E-state index contributed by atoms with van der Waals surface area (Å²) in [5.41, 5.74) is 7.58. The highest BCUT2D eigenvalue weighted by atomic mass is 16.4. The summed E-state index contributed by atoms with van der Waals surface area (Å²) in [5.74, 6) is -0.439. The number of H-pyrrole nitrogens is 1. The molecule has 0 aliphatic rings. The van der Waals surface area contributed by atoms with E-state index < -0.39 is 5.76 Å². The van der Waals surface area contributed by atoms with Crippen molar-refractivity contribution < 1.29 is 9.21 Å². The molecule has 102 valence electrons. The lowest BCUT2D eigenvalue weighted by molar-refractivity contribution is -0.121. The summed E-state index contributed by atoms with van der Waals surface area (Å²) in [6.45, 7) is 1.09. The second-order valence-electron chi connectivity index (χ2n) is 4.34. The van der Waals surface area contributed by atoms with Crippen LogP contribution in [-0.4, -0.2) is 24.0 Å². The molecule has 0 spiro atoms. The summed E-state index contributed by atoms with van der Waals surface area (Å²) in [6, 6.07) is 5.48. The van der Waals surface area contributed by atoms with Crippen molar-refractivity contribution in [2.45, 2.75) is 19.3 Å². The largest absolute Gasteiger partial charge is 0.417 e. The van der Waals surface area contributed by atoms with Crippen LogP contribution in [0.5, 0.6) is 0 Å². The molecule has 0 aliphatic carbocycles. The molecule has 19 heavy (non-hydrogen) atoms. The van der Waals surface area contributed by atoms with E-state index in [1.54, 1.807) is 6.07 Å². The van der Waals surface area contributed by atoms with E-state index in [0.717, 1.165) is 5.56 Å². The second-order valence-corrected chi connectivity index (χ2v) is 4.34. The van der Waals surface area contributed by atoms with Crippen molar-refractivity contribution in [3.05, 3.63) is 34.3 Å². The van der Waals surface area contributed by atoms with Crippen LogP contribution in [0, 0.1) is 0 Å². The number of hydrogen-bond acceptors (Lipinski definition) is 4. The van der Waals surface area contributed by atoms with E-state index in [-0.39, 0.29) is 5.91 Å². The molecule has 0 saturated carbocycles. The number of benzene rings is 1. The molecule has 1 aromatic carbocycles. The van der Waals surface area contributed by atoms with Crippen LogP contribution in [0.1, 0.15) is 18.4 Å². The normalized spacial score (nSPS) is 10.8. The average molecular weight is 263 g/mol. The Balaban J connectivity index is 1.87. The highest BCUT2D eigenvalue weighted by Gasteiger charge is 2.03. The second kappa shape index (κ2) is 6.19. The standard InChI is InChI=1S/C13H17N3O3/c14-6-1-2-12(17)15-7-5-9-3-4-11-10(8-9)16-13(18)19-11/h3-4,8H,1-2,5-7,14H2,(H,15,17)(H,16,18). The first kappa shape index (κ1) is 13.4. The van der Waals surface area contributed by atoms with Gasteiger partial charge in [0.25, 0.3) is 0 Å². The summed E-state index contributed by atoms with van der Waals surface area (Å²) in [4.78, 5) is 25.0. The van der Waals surface area contributed by atoms with E-state index in [1.807, 2.05) is 12.1 Å². The topological polar surface area (TPSA) is 101 Å². The van der Waals surface area contributed by atoms with Crippen molar-refractivity contribution in [1.82, 2.24) is 10.3 Å². The average Bonchev–Trinajstić information content (AvgIpc) is 2.75. The number of carbonyl (C=O) groups excluding carboxylic acids is 1. The third kappa shape index (κ3) is 3.69. The van der Waals surface area contributed by atoms with Gasteiger partial charge < -0.3 is 15.5 Å². The molecule has 1 aromatic heterocycles. The highest BCUT2D eigenvalue weighted by molar-refractivity contribution is 5.76. The summed E-state index contributed by atoms with van der Waals surface area (Å²) >= 11 is 0. The molecule has 0 saturated heterocycles. The van der Waals surface area contributed by atoms with E-state index in [9.17, 15) is 9.59 Å². The Morgan fingerprint density at radius 1 is 1.42 bits per heavy atom. The quantitative estimate of drug-likeness (QED) is 0.707. The maximum absolute atomic E-state index is 11.4. The van der Waals surface area contributed by atoms with Crippen LogP contribution in [0.3, 0.4) is 0 Å². The van der Waals surface area contributed by atoms with Crippen LogP contribution in [0.25, 0.3) is 11.1 Å². The lowest BCUT2D eigenvalue weighted by Crippen LogP contribution is -2.25. The maximum Gasteiger partial charge on any atom is 0.417 e. The molecular weight excluding hydrogens is 246 g/mol. The van der Waals surface area contributed by atoms with Crippen molar-refractivity contribution in [1.29, 1.82) is 0 Å². The van der Waals surface area contributed by atoms with Gasteiger partial charge in [-0.1, -0.05) is 6.07 Å². The number of carbonyl (C=O) groups is 1. The number of nitrogens with two attached hydrogens (primary N) is 1. The zero-order valence-electron chi connectivity index (χ0n) is 10.6. The third-order valence-electron chi connectivity index (χ3n) is 2.83. The molecule has 2 rings (SSSR count). The zero-order chi connectivity index (χ0) is 13.7. The fraction of sp³-hybridized carbons (Fsp3) is 0.385. The summed E-state index contributed by atoms with van der Waals surface area (Å²) in [5, 5.41) is 2.83. The number of aromatic nitrogens is 1. The van der Waals surface area contributed by atoms with Gasteiger partial charge in [-0.2, -0.15) is 0 Å². The number of aromatic amines is 1. The molecule has 1 amide bonds. The SMILES string of the molecule is NCCCC(=O)NCCc1ccc2oc(=O)[nH]c2c1. The lowest BCUT2D eigenvalue weighted by atomic mass is 10.1. The Kier molecular flexibility index (Phi) is 4.35. The van der Waals surface area contributed by atoms with Crippen LogP contribution in [0.2, 0.25) is 0 Å². The van der Waals surface area contributed by atoms with Crippen LogP contribution in [0.15, 0.2) is 27.4 Å². The molecule has 6 nitrogen and oxygen atoms in total. The van der Waals surface area contributed by atoms with E-state index >= 15 is 0 Å². The number of rotatable bonds is 6. The molecule has 1 heterocycles. The van der Waals surface area contributed by atoms with Gasteiger partial charge in [-0.3, -0.25) is 9.78 Å². The van der Waals surface area contributed by atoms with Crippen molar-refractivity contribution in [2.75, 3.05) is 13.1 Å². The molecule has 0 atom stereocenters. The molecule has 0 bridgehead atoms. The van der Waals surface area contributed by atoms with Gasteiger partial charge in [-0.25, -0.2) is 4.79 Å². The minimum atomic E-state index is -0.456. The van der Waals surface area contributed by atoms with Crippen molar-refractivity contribution in [3.8, 4) is 0 Å². The highest BCUT2D eigenvalue weighted by Crippen LogP contribution is 2.12. The van der Waals surface area contributed by atoms with Crippen LogP contribution in [0.4, 0.5) is 0 Å². The van der Waals surface area contributed by atoms with Crippen LogP contribution < -0.4 is 16.8 Å². The van der Waals surface area contributed by atoms with Gasteiger partial charge in [0.1, 0.15) is 0 Å². The summed E-state index contributed by atoms with van der Waals surface area (Å²) < 4.78 is 4.92. The van der Waals surface area contributed by atoms with Gasteiger partial charge in [-0.05, 0) is 37.1 Å². The molecule has 0 aliphatic heterocycles. The predicted octanol–water partition coefficient (Wildman–Crippen LogP) is 0.519. The fourth-order valence-electron chi connectivity index (χ4n) is 1.85. The van der Waals surface area contributed by atoms with E-state index in [2.05, 4.69) is 10.3 Å². The first-order valence-corrected chi connectivity index (χ1v) is 6.27. The minimum absolute atomic E-state index is 0.0169. The van der Waals surface area contributed by atoms with Gasteiger partial charge in [0.05, 0.1) is 5.52 Å². The van der Waals surface area contributed by atoms with E-state index in [0.29, 0.717) is 43.5 Å². The van der Waals surface area contributed by atoms with E-state index in [1.165, 1.54) is 0 Å². The van der Waals surface area contributed by atoms with Gasteiger partial charge in [0, 0.05) is 13.0 Å². The molecule has 6 heteroatoms. The molecule has 0 fully saturated rings. The van der Waals surface area contributed by atoms with Gasteiger partial charge in [-0.15, -0.1) is 0 Å². The number of oxazole rings is 1. The van der Waals surface area contributed by atoms with Crippen LogP contribution in [-0.2, 0) is 11.2 Å². The van der Waals surface area contributed by atoms with Crippen molar-refractivity contribution in [2.24, 2.45) is 5.73 Å². The number of amides is 1. The first-order chi connectivity index (χ1) is 9.19. The van der Waals surface area contributed by atoms with Gasteiger partial charge >= 0.3 is 5.76 Å². The summed E-state index contributed by atoms with van der Waals surface area (Å²) in [6.07, 6.45) is 1.87. The van der Waals surface area contributed by atoms with Gasteiger partial charge in [0.2, 0.25) is 5.91 Å². The van der Waals surface area contributed by atoms with Crippen molar-refractivity contribution >= 4 is 17.0 Å². The van der Waals surface area contributed by atoms with Crippen LogP contribution >= 0.6 is 0 Å². The Morgan fingerprint density at radius 3 is 3.05 bits per heavy atom. The third-order valence-corrected chi connectivity index (χ3v) is 2.83. The van der Waals surface area contributed by atoms with Gasteiger partial charge in [0.15, 0.2) is 5.58 Å². The number of hydrogen-bond donors (Lipinski definition) is 3. The monoisotopic (exact) mass is 263 g/mol. The Hall–Kier alpha value is -2.08. The summed E-state index contributed by atoms with van der Waals surface area (Å²) in [7, 11) is 0. The molecule has 4 N–H and O–H groups in total. The smallest absolute Gasteiger partial charge is 0.408 e. The van der Waals surface area contributed by atoms with Crippen molar-refractivity contribution in [3.63, 3.8) is 0 Å². The Morgan fingerprint density at radius 2 is 2.26 bits per heavy atom. The fourth-order valence-corrected chi connectivity index (χ4v) is 1.85.